The van der Waals surface area contributed by atoms with Gasteiger partial charge in [0.15, 0.2) is 6.10 Å². The lowest BCUT2D eigenvalue weighted by Gasteiger charge is -2.18. The molecule has 0 aromatic heterocycles. The largest absolute Gasteiger partial charge is 0.449 e. The molecule has 6 heteroatoms. The smallest absolute Gasteiger partial charge is 0.340 e. The van der Waals surface area contributed by atoms with Crippen LogP contribution in [0.3, 0.4) is 0 Å². The average Bonchev–Trinajstić information content (AvgIpc) is 3.21. The highest BCUT2D eigenvalue weighted by Gasteiger charge is 2.24. The summed E-state index contributed by atoms with van der Waals surface area (Å²) in [5.74, 6) is -0.813. The maximum Gasteiger partial charge on any atom is 0.340 e. The minimum Gasteiger partial charge on any atom is -0.449 e. The Hall–Kier alpha value is -2.78. The molecule has 2 aromatic carbocycles. The first-order valence-electron chi connectivity index (χ1n) is 9.36. The van der Waals surface area contributed by atoms with Crippen molar-refractivity contribution in [3.63, 3.8) is 0 Å². The van der Waals surface area contributed by atoms with Crippen molar-refractivity contribution in [2.24, 2.45) is 0 Å². The van der Waals surface area contributed by atoms with Crippen LogP contribution in [0.2, 0.25) is 0 Å². The van der Waals surface area contributed by atoms with Crippen LogP contribution >= 0.6 is 11.8 Å². The van der Waals surface area contributed by atoms with Crippen molar-refractivity contribution in [1.29, 1.82) is 5.26 Å². The highest BCUT2D eigenvalue weighted by Crippen LogP contribution is 2.33. The van der Waals surface area contributed by atoms with E-state index in [-0.39, 0.29) is 11.9 Å². The number of hydrogen-bond acceptors (Lipinski definition) is 5. The molecule has 3 rings (SSSR count). The van der Waals surface area contributed by atoms with E-state index in [4.69, 9.17) is 4.74 Å². The summed E-state index contributed by atoms with van der Waals surface area (Å²) in [7, 11) is 0. The van der Waals surface area contributed by atoms with E-state index < -0.39 is 12.1 Å². The van der Waals surface area contributed by atoms with Gasteiger partial charge in [0, 0.05) is 15.8 Å². The average molecular weight is 394 g/mol. The third-order valence-corrected chi connectivity index (χ3v) is 5.84. The Balaban J connectivity index is 1.70. The van der Waals surface area contributed by atoms with Gasteiger partial charge in [0.05, 0.1) is 11.1 Å². The first-order valence-corrected chi connectivity index (χ1v) is 10.2. The summed E-state index contributed by atoms with van der Waals surface area (Å²) in [6, 6.07) is 16.6. The second-order valence-electron chi connectivity index (χ2n) is 6.74. The monoisotopic (exact) mass is 394 g/mol. The molecule has 1 amide bonds. The number of ether oxygens (including phenoxy) is 1. The molecule has 1 atom stereocenters. The molecule has 0 spiro atoms. The Morgan fingerprint density at radius 3 is 2.46 bits per heavy atom. The molecule has 0 unspecified atom stereocenters. The van der Waals surface area contributed by atoms with Crippen LogP contribution in [0.25, 0.3) is 0 Å². The lowest BCUT2D eigenvalue weighted by atomic mass is 10.2. The Morgan fingerprint density at radius 1 is 1.11 bits per heavy atom. The number of esters is 1. The van der Waals surface area contributed by atoms with Gasteiger partial charge in [-0.25, -0.2) is 4.79 Å². The van der Waals surface area contributed by atoms with Gasteiger partial charge in [-0.05, 0) is 44.0 Å². The topological polar surface area (TPSA) is 79.2 Å². The van der Waals surface area contributed by atoms with E-state index >= 15 is 0 Å². The maximum atomic E-state index is 12.7. The van der Waals surface area contributed by atoms with Gasteiger partial charge < -0.3 is 10.1 Å². The standard InChI is InChI=1S/C22H22N2O3S/c1-15(21(25)24-17-9-3-4-10-17)27-22(26)18-11-5-7-13-20(18)28-19-12-6-2-8-16(19)14-23/h2,5-8,11-13,15,17H,3-4,9-10H2,1H3,(H,24,25)/t15-/m1/s1. The molecular formula is C22H22N2O3S. The fourth-order valence-electron chi connectivity index (χ4n) is 3.16. The molecule has 2 aromatic rings. The van der Waals surface area contributed by atoms with E-state index in [9.17, 15) is 14.9 Å². The zero-order valence-electron chi connectivity index (χ0n) is 15.7. The van der Waals surface area contributed by atoms with E-state index in [0.29, 0.717) is 16.0 Å². The van der Waals surface area contributed by atoms with Gasteiger partial charge in [-0.1, -0.05) is 48.9 Å². The van der Waals surface area contributed by atoms with Crippen molar-refractivity contribution in [3.05, 3.63) is 59.7 Å². The minimum atomic E-state index is -0.863. The van der Waals surface area contributed by atoms with Crippen molar-refractivity contribution < 1.29 is 14.3 Å². The van der Waals surface area contributed by atoms with Crippen molar-refractivity contribution in [3.8, 4) is 6.07 Å². The highest BCUT2D eigenvalue weighted by molar-refractivity contribution is 7.99. The highest BCUT2D eigenvalue weighted by atomic mass is 32.2. The fraction of sp³-hybridized carbons (Fsp3) is 0.318. The van der Waals surface area contributed by atoms with Crippen LogP contribution in [-0.4, -0.2) is 24.0 Å². The number of carbonyl (C=O) groups is 2. The molecular weight excluding hydrogens is 372 g/mol. The molecule has 0 heterocycles. The van der Waals surface area contributed by atoms with Gasteiger partial charge in [-0.15, -0.1) is 0 Å². The number of amides is 1. The molecule has 0 saturated heterocycles. The first-order chi connectivity index (χ1) is 13.6. The quantitative estimate of drug-likeness (QED) is 0.739. The fourth-order valence-corrected chi connectivity index (χ4v) is 4.17. The molecule has 1 fully saturated rings. The van der Waals surface area contributed by atoms with E-state index in [1.165, 1.54) is 11.8 Å². The zero-order chi connectivity index (χ0) is 19.9. The summed E-state index contributed by atoms with van der Waals surface area (Å²) < 4.78 is 5.41. The molecule has 1 saturated carbocycles. The third-order valence-electron chi connectivity index (χ3n) is 4.69. The summed E-state index contributed by atoms with van der Waals surface area (Å²) in [6.45, 7) is 1.59. The summed E-state index contributed by atoms with van der Waals surface area (Å²) >= 11 is 1.33. The van der Waals surface area contributed by atoms with E-state index in [2.05, 4.69) is 11.4 Å². The Kier molecular flexibility index (Phi) is 6.72. The summed E-state index contributed by atoms with van der Waals surface area (Å²) in [4.78, 5) is 26.4. The Bertz CT molecular complexity index is 901. The number of nitrogens with zero attached hydrogens (tertiary/aromatic N) is 1. The number of nitrogens with one attached hydrogen (secondary N) is 1. The molecule has 0 aliphatic heterocycles. The van der Waals surface area contributed by atoms with E-state index in [1.54, 1.807) is 37.3 Å². The van der Waals surface area contributed by atoms with Crippen LogP contribution in [0.15, 0.2) is 58.3 Å². The SMILES string of the molecule is C[C@@H](OC(=O)c1ccccc1Sc1ccccc1C#N)C(=O)NC1CCCC1. The predicted molar refractivity (Wildman–Crippen MR) is 107 cm³/mol. The summed E-state index contributed by atoms with van der Waals surface area (Å²) in [6.07, 6.45) is 3.33. The van der Waals surface area contributed by atoms with Gasteiger partial charge in [0.2, 0.25) is 0 Å². The van der Waals surface area contributed by atoms with E-state index in [0.717, 1.165) is 30.6 Å². The van der Waals surface area contributed by atoms with Gasteiger partial charge >= 0.3 is 5.97 Å². The third kappa shape index (κ3) is 4.93. The maximum absolute atomic E-state index is 12.7. The van der Waals surface area contributed by atoms with Gasteiger partial charge in [0.25, 0.3) is 5.91 Å². The van der Waals surface area contributed by atoms with Crippen molar-refractivity contribution in [1.82, 2.24) is 5.32 Å². The van der Waals surface area contributed by atoms with Crippen LogP contribution in [-0.2, 0) is 9.53 Å². The van der Waals surface area contributed by atoms with Crippen LogP contribution in [0.4, 0.5) is 0 Å². The first kappa shape index (κ1) is 20.0. The number of hydrogen-bond donors (Lipinski definition) is 1. The van der Waals surface area contributed by atoms with Crippen LogP contribution in [0.5, 0.6) is 0 Å². The molecule has 28 heavy (non-hydrogen) atoms. The predicted octanol–water partition coefficient (Wildman–Crippen LogP) is 4.31. The summed E-state index contributed by atoms with van der Waals surface area (Å²) in [5.41, 5.74) is 0.917. The van der Waals surface area contributed by atoms with Crippen molar-refractivity contribution in [2.75, 3.05) is 0 Å². The van der Waals surface area contributed by atoms with Crippen molar-refractivity contribution >= 4 is 23.6 Å². The number of benzene rings is 2. The van der Waals surface area contributed by atoms with Gasteiger partial charge in [-0.3, -0.25) is 4.79 Å². The molecule has 0 bridgehead atoms. The van der Waals surface area contributed by atoms with E-state index in [1.807, 2.05) is 18.2 Å². The molecule has 0 radical (unpaired) electrons. The van der Waals surface area contributed by atoms with Gasteiger partial charge in [0.1, 0.15) is 6.07 Å². The Morgan fingerprint density at radius 2 is 1.75 bits per heavy atom. The molecule has 144 valence electrons. The second-order valence-corrected chi connectivity index (χ2v) is 7.83. The summed E-state index contributed by atoms with van der Waals surface area (Å²) in [5, 5.41) is 12.2. The van der Waals surface area contributed by atoms with Crippen LogP contribution in [0.1, 0.15) is 48.5 Å². The van der Waals surface area contributed by atoms with Crippen molar-refractivity contribution in [2.45, 2.75) is 54.5 Å². The number of carbonyl (C=O) groups excluding carboxylic acids is 2. The normalized spacial score (nSPS) is 14.9. The second kappa shape index (κ2) is 9.43. The van der Waals surface area contributed by atoms with Gasteiger partial charge in [-0.2, -0.15) is 5.26 Å². The van der Waals surface area contributed by atoms with Crippen LogP contribution in [0, 0.1) is 11.3 Å². The number of nitriles is 1. The molecule has 5 nitrogen and oxygen atoms in total. The number of rotatable bonds is 6. The lowest BCUT2D eigenvalue weighted by molar-refractivity contribution is -0.129. The molecule has 1 N–H and O–H groups in total. The Labute approximate surface area is 169 Å². The zero-order valence-corrected chi connectivity index (χ0v) is 16.5. The minimum absolute atomic E-state index is 0.180. The molecule has 1 aliphatic rings. The molecule has 1 aliphatic carbocycles. The van der Waals surface area contributed by atoms with Crippen LogP contribution < -0.4 is 5.32 Å². The lowest BCUT2D eigenvalue weighted by Crippen LogP contribution is -2.40.